The maximum Gasteiger partial charge on any atom is 0.410 e. The van der Waals surface area contributed by atoms with E-state index in [0.717, 1.165) is 12.8 Å². The Hall–Kier alpha value is -3.49. The van der Waals surface area contributed by atoms with E-state index in [9.17, 15) is 9.59 Å². The number of piperidine rings is 1. The Morgan fingerprint density at radius 3 is 2.68 bits per heavy atom. The number of anilines is 1. The molecule has 0 saturated carbocycles. The predicted octanol–water partition coefficient (Wildman–Crippen LogP) is 3.65. The first-order valence-electron chi connectivity index (χ1n) is 10.3. The van der Waals surface area contributed by atoms with Crippen molar-refractivity contribution >= 4 is 28.9 Å². The van der Waals surface area contributed by atoms with Gasteiger partial charge in [0.1, 0.15) is 17.7 Å². The van der Waals surface area contributed by atoms with Crippen LogP contribution in [0.15, 0.2) is 42.9 Å². The van der Waals surface area contributed by atoms with E-state index in [1.54, 1.807) is 23.2 Å². The van der Waals surface area contributed by atoms with Gasteiger partial charge in [0.05, 0.1) is 17.6 Å². The number of aromatic nitrogens is 4. The van der Waals surface area contributed by atoms with Crippen molar-refractivity contribution in [1.29, 1.82) is 0 Å². The van der Waals surface area contributed by atoms with Crippen molar-refractivity contribution in [2.24, 2.45) is 0 Å². The van der Waals surface area contributed by atoms with E-state index in [0.29, 0.717) is 35.5 Å². The van der Waals surface area contributed by atoms with Crippen LogP contribution < -0.4 is 5.32 Å². The molecular formula is C22H26N6O3. The highest BCUT2D eigenvalue weighted by atomic mass is 16.6. The average Bonchev–Trinajstić information content (AvgIpc) is 3.18. The first-order valence-corrected chi connectivity index (χ1v) is 10.3. The molecule has 3 aromatic rings. The molecule has 162 valence electrons. The van der Waals surface area contributed by atoms with Crippen molar-refractivity contribution in [2.45, 2.75) is 45.3 Å². The van der Waals surface area contributed by atoms with E-state index in [2.05, 4.69) is 20.4 Å². The molecule has 0 bridgehead atoms. The van der Waals surface area contributed by atoms with E-state index in [4.69, 9.17) is 4.74 Å². The smallest absolute Gasteiger partial charge is 0.410 e. The summed E-state index contributed by atoms with van der Waals surface area (Å²) in [6, 6.07) is 8.92. The highest BCUT2D eigenvalue weighted by molar-refractivity contribution is 6.07. The summed E-state index contributed by atoms with van der Waals surface area (Å²) in [4.78, 5) is 35.4. The van der Waals surface area contributed by atoms with E-state index in [1.807, 2.05) is 43.7 Å². The SMILES string of the molecule is CC(C)(C)OC(=O)N1CCC[C@@H](n2ncc3c(NC(=O)c4ccccc4)ncnc32)C1. The summed E-state index contributed by atoms with van der Waals surface area (Å²) >= 11 is 0. The van der Waals surface area contributed by atoms with Gasteiger partial charge in [-0.05, 0) is 45.7 Å². The number of rotatable bonds is 3. The monoisotopic (exact) mass is 422 g/mol. The van der Waals surface area contributed by atoms with Crippen LogP contribution in [0.1, 0.15) is 50.0 Å². The molecule has 4 rings (SSSR count). The number of likely N-dealkylation sites (tertiary alicyclic amines) is 1. The van der Waals surface area contributed by atoms with Crippen molar-refractivity contribution in [1.82, 2.24) is 24.6 Å². The Morgan fingerprint density at radius 2 is 1.94 bits per heavy atom. The standard InChI is InChI=1S/C22H26N6O3/c1-22(2,3)31-21(30)27-11-7-10-16(13-27)28-19-17(12-25-28)18(23-14-24-19)26-20(29)15-8-5-4-6-9-15/h4-6,8-9,12,14,16H,7,10-11,13H2,1-3H3,(H,23,24,26,29)/t16-/m1/s1. The van der Waals surface area contributed by atoms with Crippen LogP contribution in [0, 0.1) is 0 Å². The van der Waals surface area contributed by atoms with E-state index in [-0.39, 0.29) is 18.0 Å². The van der Waals surface area contributed by atoms with Gasteiger partial charge in [0, 0.05) is 18.7 Å². The number of benzene rings is 1. The zero-order chi connectivity index (χ0) is 22.0. The Kier molecular flexibility index (Phi) is 5.58. The van der Waals surface area contributed by atoms with Gasteiger partial charge in [-0.2, -0.15) is 5.10 Å². The maximum absolute atomic E-state index is 12.5. The molecule has 0 radical (unpaired) electrons. The Labute approximate surface area is 180 Å². The van der Waals surface area contributed by atoms with Crippen LogP contribution in [0.5, 0.6) is 0 Å². The molecule has 0 spiro atoms. The van der Waals surface area contributed by atoms with Crippen LogP contribution in [-0.2, 0) is 4.74 Å². The normalized spacial score (nSPS) is 16.9. The average molecular weight is 422 g/mol. The lowest BCUT2D eigenvalue weighted by atomic mass is 10.1. The number of nitrogens with zero attached hydrogens (tertiary/aromatic N) is 5. The van der Waals surface area contributed by atoms with Gasteiger partial charge in [0.25, 0.3) is 5.91 Å². The van der Waals surface area contributed by atoms with E-state index >= 15 is 0 Å². The Bertz CT molecular complexity index is 1090. The number of nitrogens with one attached hydrogen (secondary N) is 1. The predicted molar refractivity (Wildman–Crippen MR) is 116 cm³/mol. The topological polar surface area (TPSA) is 102 Å². The van der Waals surface area contributed by atoms with Crippen LogP contribution in [0.4, 0.5) is 10.6 Å². The summed E-state index contributed by atoms with van der Waals surface area (Å²) in [5, 5.41) is 8.01. The maximum atomic E-state index is 12.5. The second kappa shape index (κ2) is 8.33. The molecule has 1 N–H and O–H groups in total. The largest absolute Gasteiger partial charge is 0.444 e. The van der Waals surface area contributed by atoms with Crippen molar-refractivity contribution in [3.8, 4) is 0 Å². The quantitative estimate of drug-likeness (QED) is 0.691. The number of fused-ring (bicyclic) bond motifs is 1. The van der Waals surface area contributed by atoms with Gasteiger partial charge in [0.2, 0.25) is 0 Å². The molecule has 0 unspecified atom stereocenters. The van der Waals surface area contributed by atoms with Gasteiger partial charge in [-0.15, -0.1) is 0 Å². The van der Waals surface area contributed by atoms with E-state index in [1.165, 1.54) is 6.33 Å². The van der Waals surface area contributed by atoms with Crippen LogP contribution in [-0.4, -0.2) is 55.3 Å². The summed E-state index contributed by atoms with van der Waals surface area (Å²) in [6.07, 6.45) is 4.46. The number of ether oxygens (including phenoxy) is 1. The minimum absolute atomic E-state index is 0.0358. The zero-order valence-corrected chi connectivity index (χ0v) is 17.9. The summed E-state index contributed by atoms with van der Waals surface area (Å²) in [5.41, 5.74) is 0.623. The fourth-order valence-electron chi connectivity index (χ4n) is 3.65. The first kappa shape index (κ1) is 20.8. The molecule has 1 aliphatic heterocycles. The van der Waals surface area contributed by atoms with Gasteiger partial charge < -0.3 is 15.0 Å². The number of carbonyl (C=O) groups is 2. The summed E-state index contributed by atoms with van der Waals surface area (Å²) in [7, 11) is 0. The third kappa shape index (κ3) is 4.65. The highest BCUT2D eigenvalue weighted by Gasteiger charge is 2.30. The Morgan fingerprint density at radius 1 is 1.16 bits per heavy atom. The second-order valence-electron chi connectivity index (χ2n) is 8.59. The molecule has 9 heteroatoms. The molecule has 1 fully saturated rings. The highest BCUT2D eigenvalue weighted by Crippen LogP contribution is 2.27. The second-order valence-corrected chi connectivity index (χ2v) is 8.59. The Balaban J connectivity index is 1.55. The molecule has 31 heavy (non-hydrogen) atoms. The van der Waals surface area contributed by atoms with Crippen molar-refractivity contribution < 1.29 is 14.3 Å². The lowest BCUT2D eigenvalue weighted by Crippen LogP contribution is -2.43. The van der Waals surface area contributed by atoms with Gasteiger partial charge in [-0.25, -0.2) is 19.4 Å². The molecule has 1 atom stereocenters. The summed E-state index contributed by atoms with van der Waals surface area (Å²) < 4.78 is 7.33. The molecule has 3 heterocycles. The van der Waals surface area contributed by atoms with Gasteiger partial charge in [-0.1, -0.05) is 18.2 Å². The molecule has 1 aliphatic rings. The molecule has 2 aromatic heterocycles. The number of hydrogen-bond donors (Lipinski definition) is 1. The molecule has 1 saturated heterocycles. The number of hydrogen-bond acceptors (Lipinski definition) is 6. The fourth-order valence-corrected chi connectivity index (χ4v) is 3.65. The van der Waals surface area contributed by atoms with Crippen LogP contribution in [0.25, 0.3) is 11.0 Å². The zero-order valence-electron chi connectivity index (χ0n) is 17.9. The summed E-state index contributed by atoms with van der Waals surface area (Å²) in [6.45, 7) is 6.71. The van der Waals surface area contributed by atoms with Gasteiger partial charge in [0.15, 0.2) is 5.65 Å². The minimum atomic E-state index is -0.540. The van der Waals surface area contributed by atoms with Crippen LogP contribution in [0.3, 0.4) is 0 Å². The molecule has 9 nitrogen and oxygen atoms in total. The van der Waals surface area contributed by atoms with Gasteiger partial charge in [-0.3, -0.25) is 4.79 Å². The lowest BCUT2D eigenvalue weighted by molar-refractivity contribution is 0.0169. The lowest BCUT2D eigenvalue weighted by Gasteiger charge is -2.34. The van der Waals surface area contributed by atoms with Crippen LogP contribution in [0.2, 0.25) is 0 Å². The van der Waals surface area contributed by atoms with Crippen molar-refractivity contribution in [3.63, 3.8) is 0 Å². The molecule has 1 aromatic carbocycles. The van der Waals surface area contributed by atoms with Gasteiger partial charge >= 0.3 is 6.09 Å². The third-order valence-electron chi connectivity index (χ3n) is 5.05. The molecular weight excluding hydrogens is 396 g/mol. The molecule has 0 aliphatic carbocycles. The summed E-state index contributed by atoms with van der Waals surface area (Å²) in [5.74, 6) is 0.159. The fraction of sp³-hybridized carbons (Fsp3) is 0.409. The first-order chi connectivity index (χ1) is 14.8. The molecule has 2 amide bonds. The van der Waals surface area contributed by atoms with Crippen LogP contribution >= 0.6 is 0 Å². The number of amides is 2. The van der Waals surface area contributed by atoms with E-state index < -0.39 is 5.60 Å². The van der Waals surface area contributed by atoms with Crippen molar-refractivity contribution in [3.05, 3.63) is 48.4 Å². The number of carbonyl (C=O) groups excluding carboxylic acids is 2. The third-order valence-corrected chi connectivity index (χ3v) is 5.05. The minimum Gasteiger partial charge on any atom is -0.444 e. The van der Waals surface area contributed by atoms with Crippen molar-refractivity contribution in [2.75, 3.05) is 18.4 Å².